The summed E-state index contributed by atoms with van der Waals surface area (Å²) in [4.78, 5) is 48.9. The number of nitrogens with two attached hydrogens (primary N) is 1. The van der Waals surface area contributed by atoms with Crippen molar-refractivity contribution in [2.24, 2.45) is 61.9 Å². The lowest BCUT2D eigenvalue weighted by atomic mass is 9.30. The molecular weight excluding hydrogens is 756 g/mol. The van der Waals surface area contributed by atoms with Gasteiger partial charge in [0.1, 0.15) is 17.7 Å². The van der Waals surface area contributed by atoms with Crippen LogP contribution < -0.4 is 11.1 Å². The van der Waals surface area contributed by atoms with Crippen molar-refractivity contribution in [3.8, 4) is 11.3 Å². The summed E-state index contributed by atoms with van der Waals surface area (Å²) in [5, 5.41) is 13.4. The highest BCUT2D eigenvalue weighted by molar-refractivity contribution is 5.85. The van der Waals surface area contributed by atoms with Crippen molar-refractivity contribution >= 4 is 17.8 Å². The number of aromatic amines is 1. The van der Waals surface area contributed by atoms with Crippen LogP contribution in [-0.2, 0) is 24.7 Å². The van der Waals surface area contributed by atoms with Gasteiger partial charge in [-0.05, 0) is 180 Å². The lowest BCUT2D eigenvalue weighted by Crippen LogP contribution is -2.77. The van der Waals surface area contributed by atoms with Crippen molar-refractivity contribution < 1.29 is 28.6 Å². The first-order valence-corrected chi connectivity index (χ1v) is 23.1. The maximum absolute atomic E-state index is 15.3. The second-order valence-corrected chi connectivity index (χ2v) is 22.3. The maximum atomic E-state index is 15.3. The fourth-order valence-corrected chi connectivity index (χ4v) is 15.3. The maximum Gasteiger partial charge on any atom is 0.309 e. The molecule has 6 saturated carbocycles. The van der Waals surface area contributed by atoms with Crippen LogP contribution in [0.4, 0.5) is 4.39 Å². The molecule has 9 nitrogen and oxygen atoms in total. The standard InChI is InChI=1S/C50H71FN4O5/c1-10-44(6)37(60-38(56)28-43(4,5)42(58)59)19-22-47(9)36-17-16-34-39-33(30(2)3)18-23-48(39,26-24-45(34,7)46(36,8)25-27-50(44,47)52)41(57)55-49(20-11-21-49)40-53-29-35(54-40)31-12-14-32(51)15-13-31/h12-15,29,33-34,36-37,39H,2,10-11,16-28,52H2,1,3-9H3,(H,53,54)(H,55,57)(H,58,59)/t33-,34+,36-,37-,39+,44+,45+,46+,47+,48-,50+/m0/s1. The number of imidazole rings is 1. The Morgan fingerprint density at radius 3 is 2.25 bits per heavy atom. The van der Waals surface area contributed by atoms with Gasteiger partial charge < -0.3 is 25.9 Å². The zero-order chi connectivity index (χ0) is 43.5. The van der Waals surface area contributed by atoms with Gasteiger partial charge in [-0.15, -0.1) is 0 Å². The topological polar surface area (TPSA) is 147 Å². The smallest absolute Gasteiger partial charge is 0.309 e. The van der Waals surface area contributed by atoms with Gasteiger partial charge in [0.05, 0.1) is 34.7 Å². The molecule has 0 bridgehead atoms. The molecule has 0 aliphatic heterocycles. The Bertz CT molecular complexity index is 2060. The molecular formula is C50H71FN4O5. The number of esters is 1. The molecule has 60 heavy (non-hydrogen) atoms. The molecule has 5 N–H and O–H groups in total. The van der Waals surface area contributed by atoms with Crippen molar-refractivity contribution in [3.05, 3.63) is 54.3 Å². The molecule has 0 spiro atoms. The number of aliphatic carboxylic acids is 1. The van der Waals surface area contributed by atoms with E-state index in [4.69, 9.17) is 15.5 Å². The minimum absolute atomic E-state index is 0.0117. The summed E-state index contributed by atoms with van der Waals surface area (Å²) in [5.74, 6) is 0.393. The van der Waals surface area contributed by atoms with Crippen LogP contribution in [0.25, 0.3) is 11.3 Å². The van der Waals surface area contributed by atoms with Crippen molar-refractivity contribution in [1.29, 1.82) is 0 Å². The van der Waals surface area contributed by atoms with Crippen LogP contribution in [0.1, 0.15) is 158 Å². The first-order valence-electron chi connectivity index (χ1n) is 23.1. The van der Waals surface area contributed by atoms with Crippen LogP contribution in [0.2, 0.25) is 0 Å². The molecule has 2 aromatic rings. The lowest BCUT2D eigenvalue weighted by Gasteiger charge is -2.75. The van der Waals surface area contributed by atoms with Crippen molar-refractivity contribution in [2.75, 3.05) is 0 Å². The van der Waals surface area contributed by atoms with Crippen molar-refractivity contribution in [1.82, 2.24) is 15.3 Å². The zero-order valence-electron chi connectivity index (χ0n) is 37.6. The Morgan fingerprint density at radius 2 is 1.63 bits per heavy atom. The molecule has 0 unspecified atom stereocenters. The number of carbonyl (C=O) groups excluding carboxylic acids is 2. The van der Waals surface area contributed by atoms with Crippen molar-refractivity contribution in [2.45, 2.75) is 169 Å². The number of halogens is 1. The van der Waals surface area contributed by atoms with Crippen LogP contribution in [-0.4, -0.2) is 44.6 Å². The molecule has 6 aliphatic carbocycles. The molecule has 8 rings (SSSR count). The number of carboxylic acid groups (broad SMARTS) is 1. The number of rotatable bonds is 10. The lowest BCUT2D eigenvalue weighted by molar-refractivity contribution is -0.259. The third-order valence-corrected chi connectivity index (χ3v) is 19.6. The number of hydrogen-bond donors (Lipinski definition) is 4. The van der Waals surface area contributed by atoms with Gasteiger partial charge >= 0.3 is 11.9 Å². The van der Waals surface area contributed by atoms with E-state index in [2.05, 4.69) is 58.4 Å². The van der Waals surface area contributed by atoms with E-state index in [0.717, 1.165) is 101 Å². The first kappa shape index (κ1) is 43.1. The van der Waals surface area contributed by atoms with E-state index in [0.29, 0.717) is 18.3 Å². The number of ether oxygens (including phenoxy) is 1. The third kappa shape index (κ3) is 5.90. The summed E-state index contributed by atoms with van der Waals surface area (Å²) in [6.07, 6.45) is 13.8. The van der Waals surface area contributed by atoms with Gasteiger partial charge in [0, 0.05) is 11.0 Å². The third-order valence-electron chi connectivity index (χ3n) is 19.6. The second kappa shape index (κ2) is 14.2. The number of aromatic nitrogens is 2. The molecule has 1 aromatic carbocycles. The molecule has 1 aromatic heterocycles. The minimum Gasteiger partial charge on any atom is -0.481 e. The van der Waals surface area contributed by atoms with E-state index < -0.39 is 39.3 Å². The Morgan fingerprint density at radius 1 is 0.950 bits per heavy atom. The largest absolute Gasteiger partial charge is 0.481 e. The molecule has 6 aliphatic rings. The van der Waals surface area contributed by atoms with Crippen LogP contribution in [0.3, 0.4) is 0 Å². The highest BCUT2D eigenvalue weighted by atomic mass is 19.1. The summed E-state index contributed by atoms with van der Waals surface area (Å²) in [5.41, 5.74) is 7.24. The normalized spacial score (nSPS) is 40.5. The number of H-pyrrole nitrogens is 1. The summed E-state index contributed by atoms with van der Waals surface area (Å²) >= 11 is 0. The Labute approximate surface area is 357 Å². The van der Waals surface area contributed by atoms with Crippen LogP contribution in [0, 0.1) is 62.0 Å². The number of nitrogens with one attached hydrogen (secondary N) is 2. The fraction of sp³-hybridized carbons (Fsp3) is 0.720. The van der Waals surface area contributed by atoms with Crippen LogP contribution in [0.5, 0.6) is 0 Å². The molecule has 10 heteroatoms. The van der Waals surface area contributed by atoms with Gasteiger partial charge in [-0.3, -0.25) is 14.4 Å². The summed E-state index contributed by atoms with van der Waals surface area (Å²) in [7, 11) is 0. The molecule has 1 amide bonds. The number of benzene rings is 1. The number of nitrogens with zero attached hydrogens (tertiary/aromatic N) is 1. The monoisotopic (exact) mass is 827 g/mol. The highest BCUT2D eigenvalue weighted by Gasteiger charge is 2.75. The van der Waals surface area contributed by atoms with Crippen molar-refractivity contribution in [3.63, 3.8) is 0 Å². The average Bonchev–Trinajstić information content (AvgIpc) is 3.83. The van der Waals surface area contributed by atoms with E-state index in [1.165, 1.54) is 17.7 Å². The average molecular weight is 827 g/mol. The van der Waals surface area contributed by atoms with Crippen LogP contribution in [0.15, 0.2) is 42.6 Å². The van der Waals surface area contributed by atoms with E-state index in [9.17, 15) is 19.1 Å². The summed E-state index contributed by atoms with van der Waals surface area (Å²) < 4.78 is 20.0. The minimum atomic E-state index is -1.21. The van der Waals surface area contributed by atoms with Gasteiger partial charge in [0.15, 0.2) is 0 Å². The van der Waals surface area contributed by atoms with E-state index >= 15 is 4.79 Å². The predicted molar refractivity (Wildman–Crippen MR) is 231 cm³/mol. The number of fused-ring (bicyclic) bond motifs is 7. The van der Waals surface area contributed by atoms with Gasteiger partial charge in [0.25, 0.3) is 0 Å². The van der Waals surface area contributed by atoms with E-state index in [-0.39, 0.29) is 52.3 Å². The van der Waals surface area contributed by atoms with Gasteiger partial charge in [-0.25, -0.2) is 9.37 Å². The predicted octanol–water partition coefficient (Wildman–Crippen LogP) is 10.3. The Balaban J connectivity index is 1.07. The molecule has 6 fully saturated rings. The van der Waals surface area contributed by atoms with E-state index in [1.807, 2.05) is 0 Å². The molecule has 0 radical (unpaired) electrons. The molecule has 0 saturated heterocycles. The first-order chi connectivity index (χ1) is 28.1. The van der Waals surface area contributed by atoms with E-state index in [1.54, 1.807) is 32.2 Å². The Hall–Kier alpha value is -3.53. The Kier molecular flexibility index (Phi) is 10.2. The SMILES string of the molecule is C=C(C)[C@@H]1CC[C@]2(C(=O)NC3(c4ncc(-c5ccc(F)cc5)[nH]4)CCC3)CC[C@]3(C)[C@H](CC[C@@H]4[C@@]5(C)CC[C@H](OC(=O)CC(C)(C)C(=O)O)[C@@](C)(CC)[C@]5(N)CC[C@]43C)[C@@H]12. The number of hydrogen-bond acceptors (Lipinski definition) is 6. The molecule has 11 atom stereocenters. The fourth-order valence-electron chi connectivity index (χ4n) is 15.3. The number of carbonyl (C=O) groups is 3. The number of amides is 1. The summed E-state index contributed by atoms with van der Waals surface area (Å²) in [6.45, 7) is 21.9. The quantitative estimate of drug-likeness (QED) is 0.138. The van der Waals surface area contributed by atoms with Gasteiger partial charge in [-0.2, -0.15) is 0 Å². The van der Waals surface area contributed by atoms with Crippen LogP contribution >= 0.6 is 0 Å². The molecule has 1 heterocycles. The zero-order valence-corrected chi connectivity index (χ0v) is 37.6. The molecule has 328 valence electrons. The van der Waals surface area contributed by atoms with Gasteiger partial charge in [0.2, 0.25) is 5.91 Å². The number of carboxylic acids is 1. The summed E-state index contributed by atoms with van der Waals surface area (Å²) in [6, 6.07) is 6.43. The number of allylic oxidation sites excluding steroid dienone is 1. The van der Waals surface area contributed by atoms with Gasteiger partial charge in [-0.1, -0.05) is 46.8 Å². The second-order valence-electron chi connectivity index (χ2n) is 22.3. The highest BCUT2D eigenvalue weighted by Crippen LogP contribution is 2.78.